The quantitative estimate of drug-likeness (QED) is 0.536. The van der Waals surface area contributed by atoms with E-state index >= 15 is 0 Å². The monoisotopic (exact) mass is 182 g/mol. The van der Waals surface area contributed by atoms with Gasteiger partial charge in [0.05, 0.1) is 0 Å². The molecule has 2 unspecified atom stereocenters. The standard InChI is InChI=1S/C11H15Cl/c1-7-9-6-8(11(9,2)3)4-5-10(7)12/h5,8-9H,1,4,6H2,2-3H3. The van der Waals surface area contributed by atoms with Gasteiger partial charge >= 0.3 is 0 Å². The Hall–Kier alpha value is -0.230. The maximum atomic E-state index is 6.08. The van der Waals surface area contributed by atoms with Gasteiger partial charge in [0.25, 0.3) is 0 Å². The van der Waals surface area contributed by atoms with Gasteiger partial charge in [0, 0.05) is 5.03 Å². The van der Waals surface area contributed by atoms with E-state index in [1.165, 1.54) is 6.42 Å². The smallest absolute Gasteiger partial charge is 0.0395 e. The molecule has 0 aliphatic heterocycles. The summed E-state index contributed by atoms with van der Waals surface area (Å²) in [5.74, 6) is 1.46. The van der Waals surface area contributed by atoms with Crippen LogP contribution in [-0.2, 0) is 0 Å². The number of allylic oxidation sites excluding steroid dienone is 3. The third kappa shape index (κ3) is 0.908. The van der Waals surface area contributed by atoms with Gasteiger partial charge in [-0.15, -0.1) is 0 Å². The van der Waals surface area contributed by atoms with E-state index in [9.17, 15) is 0 Å². The molecule has 0 N–H and O–H groups in total. The molecule has 1 heteroatoms. The SMILES string of the molecule is C=C1C(Cl)=CCC2CC1C2(C)C. The van der Waals surface area contributed by atoms with Gasteiger partial charge in [0.15, 0.2) is 0 Å². The van der Waals surface area contributed by atoms with E-state index in [2.05, 4.69) is 26.5 Å². The first kappa shape index (κ1) is 8.37. The minimum atomic E-state index is 0.435. The van der Waals surface area contributed by atoms with Gasteiger partial charge in [-0.3, -0.25) is 0 Å². The van der Waals surface area contributed by atoms with Crippen molar-refractivity contribution in [3.8, 4) is 0 Å². The first-order chi connectivity index (χ1) is 5.53. The zero-order valence-corrected chi connectivity index (χ0v) is 8.49. The predicted octanol–water partition coefficient (Wildman–Crippen LogP) is 3.73. The Morgan fingerprint density at radius 3 is 2.83 bits per heavy atom. The van der Waals surface area contributed by atoms with Crippen LogP contribution in [0.3, 0.4) is 0 Å². The second kappa shape index (κ2) is 2.38. The van der Waals surface area contributed by atoms with Crippen LogP contribution in [0.4, 0.5) is 0 Å². The van der Waals surface area contributed by atoms with Crippen molar-refractivity contribution >= 4 is 11.6 Å². The van der Waals surface area contributed by atoms with Crippen molar-refractivity contribution in [2.75, 3.05) is 0 Å². The van der Waals surface area contributed by atoms with Crippen molar-refractivity contribution in [1.82, 2.24) is 0 Å². The van der Waals surface area contributed by atoms with Gasteiger partial charge in [-0.1, -0.05) is 38.1 Å². The summed E-state index contributed by atoms with van der Waals surface area (Å²) in [6.07, 6.45) is 4.57. The van der Waals surface area contributed by atoms with E-state index in [0.29, 0.717) is 11.3 Å². The molecule has 0 spiro atoms. The second-order valence-electron chi connectivity index (χ2n) is 4.62. The highest BCUT2D eigenvalue weighted by Crippen LogP contribution is 2.59. The van der Waals surface area contributed by atoms with Crippen LogP contribution in [0.2, 0.25) is 0 Å². The van der Waals surface area contributed by atoms with Crippen LogP contribution >= 0.6 is 11.6 Å². The van der Waals surface area contributed by atoms with Crippen LogP contribution in [0.25, 0.3) is 0 Å². The van der Waals surface area contributed by atoms with Crippen molar-refractivity contribution in [1.29, 1.82) is 0 Å². The highest BCUT2D eigenvalue weighted by Gasteiger charge is 2.49. The highest BCUT2D eigenvalue weighted by molar-refractivity contribution is 6.32. The molecule has 0 aromatic rings. The fourth-order valence-corrected chi connectivity index (χ4v) is 2.77. The fourth-order valence-electron chi connectivity index (χ4n) is 2.55. The summed E-state index contributed by atoms with van der Waals surface area (Å²) < 4.78 is 0. The van der Waals surface area contributed by atoms with E-state index < -0.39 is 0 Å². The van der Waals surface area contributed by atoms with Crippen molar-refractivity contribution in [2.45, 2.75) is 26.7 Å². The average molecular weight is 183 g/mol. The van der Waals surface area contributed by atoms with Gasteiger partial charge in [-0.25, -0.2) is 0 Å². The molecule has 1 fully saturated rings. The molecule has 0 radical (unpaired) electrons. The predicted molar refractivity (Wildman–Crippen MR) is 53.1 cm³/mol. The third-order valence-corrected chi connectivity index (χ3v) is 4.18. The van der Waals surface area contributed by atoms with Crippen LogP contribution in [0.1, 0.15) is 26.7 Å². The number of halogens is 1. The first-order valence-electron chi connectivity index (χ1n) is 4.58. The summed E-state index contributed by atoms with van der Waals surface area (Å²) in [4.78, 5) is 0. The number of hydrogen-bond donors (Lipinski definition) is 0. The molecule has 2 bridgehead atoms. The Kier molecular flexibility index (Phi) is 1.66. The van der Waals surface area contributed by atoms with Crippen molar-refractivity contribution < 1.29 is 0 Å². The fraction of sp³-hybridized carbons (Fsp3) is 0.636. The summed E-state index contributed by atoms with van der Waals surface area (Å²) >= 11 is 6.08. The maximum absolute atomic E-state index is 6.08. The Labute approximate surface area is 79.3 Å². The normalized spacial score (nSPS) is 38.2. The summed E-state index contributed by atoms with van der Waals surface area (Å²) in [5.41, 5.74) is 1.60. The summed E-state index contributed by atoms with van der Waals surface area (Å²) in [7, 11) is 0. The van der Waals surface area contributed by atoms with E-state index in [1.807, 2.05) is 0 Å². The highest BCUT2D eigenvalue weighted by atomic mass is 35.5. The largest absolute Gasteiger partial charge is 0.0941 e. The van der Waals surface area contributed by atoms with Gasteiger partial charge in [-0.2, -0.15) is 0 Å². The van der Waals surface area contributed by atoms with E-state index in [1.54, 1.807) is 0 Å². The van der Waals surface area contributed by atoms with Crippen molar-refractivity contribution in [3.05, 3.63) is 23.3 Å². The lowest BCUT2D eigenvalue weighted by Crippen LogP contribution is -2.44. The van der Waals surface area contributed by atoms with Gasteiger partial charge in [0.2, 0.25) is 0 Å². The Bertz CT molecular complexity index is 260. The molecular formula is C11H15Cl. The Morgan fingerprint density at radius 1 is 1.58 bits per heavy atom. The zero-order chi connectivity index (χ0) is 8.93. The zero-order valence-electron chi connectivity index (χ0n) is 7.73. The number of fused-ring (bicyclic) bond motifs is 2. The second-order valence-corrected chi connectivity index (χ2v) is 5.03. The molecule has 3 aliphatic carbocycles. The van der Waals surface area contributed by atoms with Crippen molar-refractivity contribution in [3.63, 3.8) is 0 Å². The third-order valence-electron chi connectivity index (χ3n) is 3.78. The maximum Gasteiger partial charge on any atom is 0.0395 e. The minimum Gasteiger partial charge on any atom is -0.0941 e. The molecule has 0 aromatic carbocycles. The Morgan fingerprint density at radius 2 is 2.25 bits per heavy atom. The molecule has 0 amide bonds. The Balaban J connectivity index is 2.33. The molecule has 2 atom stereocenters. The van der Waals surface area contributed by atoms with Gasteiger partial charge < -0.3 is 0 Å². The summed E-state index contributed by atoms with van der Waals surface area (Å²) in [5, 5.41) is 0.910. The topological polar surface area (TPSA) is 0 Å². The molecule has 66 valence electrons. The minimum absolute atomic E-state index is 0.435. The van der Waals surface area contributed by atoms with E-state index in [-0.39, 0.29) is 0 Å². The summed E-state index contributed by atoms with van der Waals surface area (Å²) in [6, 6.07) is 0. The van der Waals surface area contributed by atoms with Crippen LogP contribution in [0, 0.1) is 17.3 Å². The molecule has 3 rings (SSSR count). The summed E-state index contributed by atoms with van der Waals surface area (Å²) in [6.45, 7) is 8.74. The van der Waals surface area contributed by atoms with E-state index in [4.69, 9.17) is 11.6 Å². The van der Waals surface area contributed by atoms with Gasteiger partial charge in [0.1, 0.15) is 0 Å². The van der Waals surface area contributed by atoms with E-state index in [0.717, 1.165) is 22.9 Å². The lowest BCUT2D eigenvalue weighted by Gasteiger charge is -2.51. The number of hydrogen-bond acceptors (Lipinski definition) is 0. The molecule has 0 heterocycles. The molecule has 0 saturated heterocycles. The average Bonchev–Trinajstić information content (AvgIpc) is 2.18. The molecule has 3 aliphatic rings. The lowest BCUT2D eigenvalue weighted by molar-refractivity contribution is 0.0123. The van der Waals surface area contributed by atoms with Crippen molar-refractivity contribution in [2.24, 2.45) is 17.3 Å². The van der Waals surface area contributed by atoms with Crippen LogP contribution in [0.15, 0.2) is 23.3 Å². The van der Waals surface area contributed by atoms with Crippen LogP contribution in [-0.4, -0.2) is 0 Å². The number of rotatable bonds is 0. The molecule has 0 nitrogen and oxygen atoms in total. The molecule has 0 aromatic heterocycles. The van der Waals surface area contributed by atoms with Gasteiger partial charge in [-0.05, 0) is 35.7 Å². The lowest BCUT2D eigenvalue weighted by atomic mass is 9.53. The van der Waals surface area contributed by atoms with Crippen LogP contribution < -0.4 is 0 Å². The molecule has 12 heavy (non-hydrogen) atoms. The molecular weight excluding hydrogens is 168 g/mol. The molecule has 1 saturated carbocycles. The van der Waals surface area contributed by atoms with Crippen LogP contribution in [0.5, 0.6) is 0 Å². The first-order valence-corrected chi connectivity index (χ1v) is 4.96.